The molecule has 1 aromatic carbocycles. The second-order valence-corrected chi connectivity index (χ2v) is 7.42. The molecule has 9 heteroatoms. The van der Waals surface area contributed by atoms with E-state index in [0.717, 1.165) is 6.42 Å². The number of methoxy groups -OCH3 is 1. The number of carbonyl (C=O) groups is 2. The number of hydrogen-bond acceptors (Lipinski definition) is 5. The molecule has 28 heavy (non-hydrogen) atoms. The van der Waals surface area contributed by atoms with Crippen molar-refractivity contribution in [2.75, 3.05) is 26.7 Å². The maximum atomic E-state index is 14.5. The summed E-state index contributed by atoms with van der Waals surface area (Å²) in [6.07, 6.45) is 2.07. The molecule has 1 aromatic heterocycles. The molecule has 2 fully saturated rings. The molecule has 2 aromatic rings. The van der Waals surface area contributed by atoms with Crippen LogP contribution in [0.2, 0.25) is 5.02 Å². The van der Waals surface area contributed by atoms with Crippen molar-refractivity contribution in [3.05, 3.63) is 46.6 Å². The molecule has 4 rings (SSSR count). The summed E-state index contributed by atoms with van der Waals surface area (Å²) in [6.45, 7) is 1.56. The standard InChI is InChI=1S/C19H19ClFN3O4/c1-27-15-3-2-13(20)12(18(15)21)8-17(25)24-7-5-11-9-23(10-14(11)24)19(26)16-4-6-22-28-16/h2-4,6,11,14H,5,7-10H2,1H3/t11-,14+/m0/s1. The average molecular weight is 408 g/mol. The van der Waals surface area contributed by atoms with E-state index in [1.807, 2.05) is 0 Å². The number of amides is 2. The van der Waals surface area contributed by atoms with Crippen molar-refractivity contribution in [1.29, 1.82) is 0 Å². The Balaban J connectivity index is 1.47. The van der Waals surface area contributed by atoms with E-state index in [4.69, 9.17) is 20.9 Å². The third-order valence-corrected chi connectivity index (χ3v) is 5.86. The molecule has 148 valence electrons. The number of nitrogens with zero attached hydrogens (tertiary/aromatic N) is 3. The summed E-state index contributed by atoms with van der Waals surface area (Å²) in [4.78, 5) is 28.8. The minimum absolute atomic E-state index is 0.0520. The summed E-state index contributed by atoms with van der Waals surface area (Å²) in [5.41, 5.74) is 0.127. The van der Waals surface area contributed by atoms with Gasteiger partial charge in [-0.2, -0.15) is 0 Å². The first kappa shape index (κ1) is 18.7. The van der Waals surface area contributed by atoms with Crippen molar-refractivity contribution >= 4 is 23.4 Å². The van der Waals surface area contributed by atoms with Crippen molar-refractivity contribution in [1.82, 2.24) is 15.0 Å². The Bertz CT molecular complexity index is 905. The molecule has 0 radical (unpaired) electrons. The Morgan fingerprint density at radius 3 is 2.89 bits per heavy atom. The highest BCUT2D eigenvalue weighted by Crippen LogP contribution is 2.34. The topological polar surface area (TPSA) is 75.9 Å². The lowest BCUT2D eigenvalue weighted by Gasteiger charge is -2.25. The lowest BCUT2D eigenvalue weighted by atomic mass is 10.0. The number of likely N-dealkylation sites (tertiary alicyclic amines) is 2. The van der Waals surface area contributed by atoms with E-state index >= 15 is 0 Å². The van der Waals surface area contributed by atoms with Crippen LogP contribution in [0.25, 0.3) is 0 Å². The number of aromatic nitrogens is 1. The highest BCUT2D eigenvalue weighted by atomic mass is 35.5. The van der Waals surface area contributed by atoms with Crippen LogP contribution in [0.3, 0.4) is 0 Å². The van der Waals surface area contributed by atoms with Crippen LogP contribution in [-0.2, 0) is 11.2 Å². The van der Waals surface area contributed by atoms with E-state index in [9.17, 15) is 14.0 Å². The number of rotatable bonds is 4. The van der Waals surface area contributed by atoms with Gasteiger partial charge in [-0.3, -0.25) is 9.59 Å². The minimum atomic E-state index is -0.618. The fourth-order valence-corrected chi connectivity index (χ4v) is 4.28. The highest BCUT2D eigenvalue weighted by molar-refractivity contribution is 6.31. The molecule has 3 heterocycles. The number of carbonyl (C=O) groups excluding carboxylic acids is 2. The highest BCUT2D eigenvalue weighted by Gasteiger charge is 2.45. The summed E-state index contributed by atoms with van der Waals surface area (Å²) in [5, 5.41) is 3.75. The van der Waals surface area contributed by atoms with E-state index < -0.39 is 5.82 Å². The van der Waals surface area contributed by atoms with Gasteiger partial charge in [0.05, 0.1) is 25.8 Å². The van der Waals surface area contributed by atoms with E-state index in [1.165, 1.54) is 31.5 Å². The fraction of sp³-hybridized carbons (Fsp3) is 0.421. The quantitative estimate of drug-likeness (QED) is 0.777. The number of hydrogen-bond donors (Lipinski definition) is 0. The molecule has 0 N–H and O–H groups in total. The molecular weight excluding hydrogens is 389 g/mol. The normalized spacial score (nSPS) is 21.1. The van der Waals surface area contributed by atoms with Crippen LogP contribution in [0, 0.1) is 11.7 Å². The van der Waals surface area contributed by atoms with Gasteiger partial charge >= 0.3 is 0 Å². The van der Waals surface area contributed by atoms with Crippen LogP contribution >= 0.6 is 11.6 Å². The molecule has 2 aliphatic rings. The Hall–Kier alpha value is -2.61. The zero-order valence-corrected chi connectivity index (χ0v) is 16.0. The van der Waals surface area contributed by atoms with Crippen LogP contribution in [0.15, 0.2) is 28.9 Å². The molecule has 0 unspecified atom stereocenters. The minimum Gasteiger partial charge on any atom is -0.494 e. The zero-order chi connectivity index (χ0) is 19.8. The molecule has 2 aliphatic heterocycles. The smallest absolute Gasteiger partial charge is 0.292 e. The van der Waals surface area contributed by atoms with Crippen LogP contribution in [0.1, 0.15) is 22.5 Å². The molecule has 0 bridgehead atoms. The lowest BCUT2D eigenvalue weighted by Crippen LogP contribution is -2.41. The summed E-state index contributed by atoms with van der Waals surface area (Å²) in [6, 6.07) is 4.38. The first-order valence-corrected chi connectivity index (χ1v) is 9.37. The Morgan fingerprint density at radius 1 is 1.36 bits per heavy atom. The average Bonchev–Trinajstić information content (AvgIpc) is 3.41. The van der Waals surface area contributed by atoms with Gasteiger partial charge in [0, 0.05) is 42.2 Å². The maximum absolute atomic E-state index is 14.5. The first-order valence-electron chi connectivity index (χ1n) is 9.00. The van der Waals surface area contributed by atoms with E-state index in [0.29, 0.717) is 19.6 Å². The monoisotopic (exact) mass is 407 g/mol. The van der Waals surface area contributed by atoms with Crippen LogP contribution in [-0.4, -0.2) is 59.6 Å². The predicted octanol–water partition coefficient (Wildman–Crippen LogP) is 2.39. The molecule has 7 nitrogen and oxygen atoms in total. The van der Waals surface area contributed by atoms with Gasteiger partial charge in [-0.15, -0.1) is 0 Å². The van der Waals surface area contributed by atoms with Gasteiger partial charge in [-0.05, 0) is 18.6 Å². The van der Waals surface area contributed by atoms with Crippen LogP contribution in [0.5, 0.6) is 5.75 Å². The molecule has 0 spiro atoms. The van der Waals surface area contributed by atoms with E-state index in [1.54, 1.807) is 9.80 Å². The van der Waals surface area contributed by atoms with Crippen molar-refractivity contribution in [3.8, 4) is 5.75 Å². The Kier molecular flexibility index (Phi) is 4.97. The van der Waals surface area contributed by atoms with Crippen molar-refractivity contribution < 1.29 is 23.2 Å². The maximum Gasteiger partial charge on any atom is 0.292 e. The lowest BCUT2D eigenvalue weighted by molar-refractivity contribution is -0.131. The molecule has 0 saturated carbocycles. The van der Waals surface area contributed by atoms with Crippen molar-refractivity contribution in [3.63, 3.8) is 0 Å². The number of benzene rings is 1. The summed E-state index contributed by atoms with van der Waals surface area (Å²) in [7, 11) is 1.36. The van der Waals surface area contributed by atoms with E-state index in [2.05, 4.69) is 5.16 Å². The second kappa shape index (κ2) is 7.43. The van der Waals surface area contributed by atoms with Gasteiger partial charge < -0.3 is 19.1 Å². The molecular formula is C19H19ClFN3O4. The van der Waals surface area contributed by atoms with Gasteiger partial charge in [0.2, 0.25) is 11.7 Å². The van der Waals surface area contributed by atoms with Gasteiger partial charge in [-0.25, -0.2) is 4.39 Å². The summed E-state index contributed by atoms with van der Waals surface area (Å²) < 4.78 is 24.4. The third-order valence-electron chi connectivity index (χ3n) is 5.50. The van der Waals surface area contributed by atoms with Crippen LogP contribution in [0.4, 0.5) is 4.39 Å². The molecule has 2 saturated heterocycles. The number of ether oxygens (including phenoxy) is 1. The van der Waals surface area contributed by atoms with Crippen LogP contribution < -0.4 is 4.74 Å². The van der Waals surface area contributed by atoms with Crippen molar-refractivity contribution in [2.45, 2.75) is 18.9 Å². The predicted molar refractivity (Wildman–Crippen MR) is 97.7 cm³/mol. The fourth-order valence-electron chi connectivity index (χ4n) is 4.07. The molecule has 2 amide bonds. The number of halogens is 2. The largest absolute Gasteiger partial charge is 0.494 e. The number of fused-ring (bicyclic) bond motifs is 1. The van der Waals surface area contributed by atoms with Gasteiger partial charge in [-0.1, -0.05) is 16.8 Å². The van der Waals surface area contributed by atoms with Gasteiger partial charge in [0.1, 0.15) is 0 Å². The van der Waals surface area contributed by atoms with Gasteiger partial charge in [0.15, 0.2) is 11.6 Å². The summed E-state index contributed by atoms with van der Waals surface area (Å²) >= 11 is 6.11. The SMILES string of the molecule is COc1ccc(Cl)c(CC(=O)N2CC[C@H]3CN(C(=O)c4ccno4)C[C@H]32)c1F. The summed E-state index contributed by atoms with van der Waals surface area (Å²) in [5.74, 6) is -0.634. The van der Waals surface area contributed by atoms with E-state index in [-0.39, 0.29) is 52.3 Å². The van der Waals surface area contributed by atoms with Gasteiger partial charge in [0.25, 0.3) is 5.91 Å². The molecule has 0 aliphatic carbocycles. The Labute approximate surface area is 166 Å². The zero-order valence-electron chi connectivity index (χ0n) is 15.2. The van der Waals surface area contributed by atoms with Crippen molar-refractivity contribution in [2.24, 2.45) is 5.92 Å². The molecule has 2 atom stereocenters. The Morgan fingerprint density at radius 2 is 2.18 bits per heavy atom. The third kappa shape index (κ3) is 3.22. The second-order valence-electron chi connectivity index (χ2n) is 7.01. The first-order chi connectivity index (χ1) is 13.5.